The van der Waals surface area contributed by atoms with Crippen LogP contribution in [0, 0.1) is 13.8 Å². The van der Waals surface area contributed by atoms with Crippen LogP contribution in [0.15, 0.2) is 41.3 Å². The van der Waals surface area contributed by atoms with E-state index in [1.807, 2.05) is 32.0 Å². The summed E-state index contributed by atoms with van der Waals surface area (Å²) in [4.78, 5) is 38.7. The second kappa shape index (κ2) is 10.4. The average molecular weight is 455 g/mol. The summed E-state index contributed by atoms with van der Waals surface area (Å²) in [6, 6.07) is 11.2. The van der Waals surface area contributed by atoms with Crippen LogP contribution in [0.3, 0.4) is 0 Å². The van der Waals surface area contributed by atoms with Crippen molar-refractivity contribution in [1.82, 2.24) is 10.2 Å². The summed E-state index contributed by atoms with van der Waals surface area (Å²) in [7, 11) is 3.08. The predicted octanol–water partition coefficient (Wildman–Crippen LogP) is 3.72. The number of amides is 3. The first-order valence-electron chi connectivity index (χ1n) is 10.1. The molecule has 0 unspecified atom stereocenters. The molecule has 0 bridgehead atoms. The van der Waals surface area contributed by atoms with Crippen LogP contribution in [-0.2, 0) is 16.0 Å². The monoisotopic (exact) mass is 454 g/mol. The average Bonchev–Trinajstić information content (AvgIpc) is 3.03. The molecule has 0 atom stereocenters. The Labute approximate surface area is 191 Å². The lowest BCUT2D eigenvalue weighted by Crippen LogP contribution is -2.37. The molecule has 0 radical (unpaired) electrons. The molecule has 168 valence electrons. The van der Waals surface area contributed by atoms with Crippen LogP contribution in [0.1, 0.15) is 22.3 Å². The molecule has 1 saturated heterocycles. The Morgan fingerprint density at radius 3 is 2.47 bits per heavy atom. The van der Waals surface area contributed by atoms with Crippen LogP contribution in [-0.4, -0.2) is 49.3 Å². The number of rotatable bonds is 8. The van der Waals surface area contributed by atoms with Gasteiger partial charge in [-0.15, -0.1) is 0 Å². The fraction of sp³-hybridized carbons (Fsp3) is 0.292. The van der Waals surface area contributed by atoms with E-state index in [4.69, 9.17) is 9.47 Å². The Bertz CT molecular complexity index is 1080. The number of methoxy groups -OCH3 is 2. The van der Waals surface area contributed by atoms with Crippen molar-refractivity contribution in [3.63, 3.8) is 0 Å². The van der Waals surface area contributed by atoms with Crippen molar-refractivity contribution in [3.05, 3.63) is 63.6 Å². The van der Waals surface area contributed by atoms with E-state index < -0.39 is 0 Å². The molecule has 32 heavy (non-hydrogen) atoms. The number of hydrogen-bond donors (Lipinski definition) is 1. The maximum atomic E-state index is 12.7. The number of aryl methyl sites for hydroxylation is 2. The molecule has 3 amide bonds. The van der Waals surface area contributed by atoms with E-state index in [1.54, 1.807) is 31.4 Å². The fourth-order valence-corrected chi connectivity index (χ4v) is 4.12. The van der Waals surface area contributed by atoms with E-state index in [1.165, 1.54) is 12.7 Å². The van der Waals surface area contributed by atoms with Gasteiger partial charge in [-0.05, 0) is 66.1 Å². The highest BCUT2D eigenvalue weighted by Gasteiger charge is 2.34. The van der Waals surface area contributed by atoms with Gasteiger partial charge in [0.1, 0.15) is 0 Å². The van der Waals surface area contributed by atoms with Crippen LogP contribution >= 0.6 is 11.8 Å². The van der Waals surface area contributed by atoms with Gasteiger partial charge in [-0.25, -0.2) is 0 Å². The summed E-state index contributed by atoms with van der Waals surface area (Å²) in [5.74, 6) is 0.584. The first-order valence-corrected chi connectivity index (χ1v) is 10.9. The lowest BCUT2D eigenvalue weighted by molar-refractivity contribution is -0.124. The topological polar surface area (TPSA) is 84.9 Å². The maximum Gasteiger partial charge on any atom is 0.293 e. The van der Waals surface area contributed by atoms with Crippen molar-refractivity contribution in [2.75, 3.05) is 27.3 Å². The summed E-state index contributed by atoms with van der Waals surface area (Å²) >= 11 is 0.878. The number of imide groups is 1. The van der Waals surface area contributed by atoms with E-state index in [2.05, 4.69) is 5.32 Å². The second-order valence-electron chi connectivity index (χ2n) is 7.39. The zero-order valence-corrected chi connectivity index (χ0v) is 19.4. The number of thioether (sulfide) groups is 1. The molecule has 0 spiro atoms. The Morgan fingerprint density at radius 2 is 1.78 bits per heavy atom. The van der Waals surface area contributed by atoms with Crippen LogP contribution in [0.5, 0.6) is 11.5 Å². The summed E-state index contributed by atoms with van der Waals surface area (Å²) in [5, 5.41) is 2.42. The molecule has 0 saturated carbocycles. The van der Waals surface area contributed by atoms with E-state index in [9.17, 15) is 14.4 Å². The Kier molecular flexibility index (Phi) is 7.58. The predicted molar refractivity (Wildman–Crippen MR) is 125 cm³/mol. The molecule has 1 fully saturated rings. The van der Waals surface area contributed by atoms with Gasteiger partial charge in [-0.1, -0.05) is 24.3 Å². The number of ether oxygens (including phenoxy) is 2. The molecule has 7 nitrogen and oxygen atoms in total. The molecule has 2 aromatic carbocycles. The fourth-order valence-electron chi connectivity index (χ4n) is 3.26. The third-order valence-corrected chi connectivity index (χ3v) is 6.08. The third-order valence-electron chi connectivity index (χ3n) is 5.17. The first kappa shape index (κ1) is 23.4. The number of benzene rings is 2. The summed E-state index contributed by atoms with van der Waals surface area (Å²) < 4.78 is 10.5. The smallest absolute Gasteiger partial charge is 0.293 e. The van der Waals surface area contributed by atoms with Gasteiger partial charge in [0, 0.05) is 13.1 Å². The van der Waals surface area contributed by atoms with Crippen molar-refractivity contribution >= 4 is 34.9 Å². The van der Waals surface area contributed by atoms with Crippen molar-refractivity contribution in [3.8, 4) is 11.5 Å². The van der Waals surface area contributed by atoms with E-state index >= 15 is 0 Å². The molecule has 1 N–H and O–H groups in total. The minimum atomic E-state index is -0.377. The molecule has 1 aliphatic heterocycles. The Balaban J connectivity index is 1.57. The number of carbonyl (C=O) groups excluding carboxylic acids is 3. The van der Waals surface area contributed by atoms with Gasteiger partial charge in [0.05, 0.1) is 25.5 Å². The van der Waals surface area contributed by atoms with Crippen LogP contribution in [0.4, 0.5) is 4.79 Å². The quantitative estimate of drug-likeness (QED) is 0.612. The van der Waals surface area contributed by atoms with Crippen LogP contribution in [0.2, 0.25) is 0 Å². The molecule has 1 aliphatic rings. The van der Waals surface area contributed by atoms with Gasteiger partial charge in [-0.2, -0.15) is 0 Å². The molecule has 0 aliphatic carbocycles. The molecule has 1 heterocycles. The van der Waals surface area contributed by atoms with Crippen molar-refractivity contribution in [1.29, 1.82) is 0 Å². The first-order chi connectivity index (χ1) is 15.3. The summed E-state index contributed by atoms with van der Waals surface area (Å²) in [5.41, 5.74) is 3.95. The lowest BCUT2D eigenvalue weighted by atomic mass is 10.0. The van der Waals surface area contributed by atoms with Crippen molar-refractivity contribution < 1.29 is 23.9 Å². The van der Waals surface area contributed by atoms with Gasteiger partial charge >= 0.3 is 0 Å². The van der Waals surface area contributed by atoms with Gasteiger partial charge < -0.3 is 14.8 Å². The number of carbonyl (C=O) groups is 3. The zero-order valence-electron chi connectivity index (χ0n) is 18.6. The van der Waals surface area contributed by atoms with E-state index in [0.29, 0.717) is 16.4 Å². The zero-order chi connectivity index (χ0) is 23.3. The number of nitrogens with one attached hydrogen (secondary N) is 1. The minimum Gasteiger partial charge on any atom is -0.493 e. The van der Waals surface area contributed by atoms with Crippen molar-refractivity contribution in [2.24, 2.45) is 0 Å². The minimum absolute atomic E-state index is 0.118. The van der Waals surface area contributed by atoms with E-state index in [-0.39, 0.29) is 36.6 Å². The lowest BCUT2D eigenvalue weighted by Gasteiger charge is -2.13. The molecule has 8 heteroatoms. The van der Waals surface area contributed by atoms with Gasteiger partial charge in [0.2, 0.25) is 5.91 Å². The maximum absolute atomic E-state index is 12.7. The highest BCUT2D eigenvalue weighted by Crippen LogP contribution is 2.34. The SMILES string of the molecule is COc1ccc(C=C2SC(=O)N(CCNC(=O)Cc3ccc(C)c(C)c3)C2=O)cc1OC. The molecular weight excluding hydrogens is 428 g/mol. The molecule has 3 rings (SSSR count). The standard InChI is InChI=1S/C24H26N2O5S/c1-15-5-6-17(11-16(15)2)14-22(27)25-9-10-26-23(28)21(32-24(26)29)13-18-7-8-19(30-3)20(12-18)31-4/h5-8,11-13H,9-10,14H2,1-4H3,(H,25,27). The summed E-state index contributed by atoms with van der Waals surface area (Å²) in [6.07, 6.45) is 1.90. The second-order valence-corrected chi connectivity index (χ2v) is 8.39. The van der Waals surface area contributed by atoms with Gasteiger partial charge in [0.15, 0.2) is 11.5 Å². The van der Waals surface area contributed by atoms with E-state index in [0.717, 1.165) is 33.4 Å². The van der Waals surface area contributed by atoms with Crippen molar-refractivity contribution in [2.45, 2.75) is 20.3 Å². The van der Waals surface area contributed by atoms with Crippen LogP contribution in [0.25, 0.3) is 6.08 Å². The Hall–Kier alpha value is -3.26. The van der Waals surface area contributed by atoms with Gasteiger partial charge in [-0.3, -0.25) is 19.3 Å². The highest BCUT2D eigenvalue weighted by molar-refractivity contribution is 8.18. The molecular formula is C24H26N2O5S. The number of nitrogens with zero attached hydrogens (tertiary/aromatic N) is 1. The Morgan fingerprint density at radius 1 is 1.03 bits per heavy atom. The molecule has 2 aromatic rings. The number of hydrogen-bond acceptors (Lipinski definition) is 6. The normalized spacial score (nSPS) is 14.8. The van der Waals surface area contributed by atoms with Crippen LogP contribution < -0.4 is 14.8 Å². The summed E-state index contributed by atoms with van der Waals surface area (Å²) in [6.45, 7) is 4.35. The molecule has 0 aromatic heterocycles. The largest absolute Gasteiger partial charge is 0.493 e. The third kappa shape index (κ3) is 5.50. The highest BCUT2D eigenvalue weighted by atomic mass is 32.2. The van der Waals surface area contributed by atoms with Gasteiger partial charge in [0.25, 0.3) is 11.1 Å².